The number of benzene rings is 1. The first-order chi connectivity index (χ1) is 10.8. The highest BCUT2D eigenvalue weighted by Gasteiger charge is 2.10. The van der Waals surface area contributed by atoms with Crippen LogP contribution in [0.1, 0.15) is 18.6 Å². The van der Waals surface area contributed by atoms with Gasteiger partial charge in [0, 0.05) is 0 Å². The Bertz CT molecular complexity index is 435. The Kier molecular flexibility index (Phi) is 7.45. The van der Waals surface area contributed by atoms with Crippen LogP contribution in [0.2, 0.25) is 0 Å². The standard InChI is InChI=1S/C16H24O6/c1-13(17)14-2-3-15-16(12-14)22-11-9-20-7-5-18-4-6-19-8-10-21-15/h2-3,12-13,17H,4-11H2,1H3/t13-/m1/s1. The molecule has 1 aromatic carbocycles. The van der Waals surface area contributed by atoms with Gasteiger partial charge in [0.25, 0.3) is 0 Å². The molecule has 0 aromatic heterocycles. The lowest BCUT2D eigenvalue weighted by molar-refractivity contribution is 0.00708. The van der Waals surface area contributed by atoms with Crippen LogP contribution in [0.4, 0.5) is 0 Å². The summed E-state index contributed by atoms with van der Waals surface area (Å²) >= 11 is 0. The van der Waals surface area contributed by atoms with E-state index < -0.39 is 6.10 Å². The Labute approximate surface area is 130 Å². The molecule has 124 valence electrons. The SMILES string of the molecule is C[C@@H](O)c1ccc2c(c1)OCCOCCOCCOCCO2. The molecule has 0 spiro atoms. The number of fused-ring (bicyclic) bond motifs is 1. The van der Waals surface area contributed by atoms with Crippen LogP contribution in [0, 0.1) is 0 Å². The van der Waals surface area contributed by atoms with Crippen molar-refractivity contribution < 1.29 is 28.8 Å². The van der Waals surface area contributed by atoms with Gasteiger partial charge in [-0.3, -0.25) is 0 Å². The Hall–Kier alpha value is -1.34. The van der Waals surface area contributed by atoms with Crippen molar-refractivity contribution in [3.05, 3.63) is 23.8 Å². The third-order valence-corrected chi connectivity index (χ3v) is 3.16. The van der Waals surface area contributed by atoms with Gasteiger partial charge in [0.15, 0.2) is 11.5 Å². The van der Waals surface area contributed by atoms with Gasteiger partial charge in [-0.15, -0.1) is 0 Å². The quantitative estimate of drug-likeness (QED) is 0.849. The van der Waals surface area contributed by atoms with Gasteiger partial charge in [0.2, 0.25) is 0 Å². The van der Waals surface area contributed by atoms with E-state index in [1.807, 2.05) is 6.07 Å². The largest absolute Gasteiger partial charge is 0.487 e. The second-order valence-electron chi connectivity index (χ2n) is 4.92. The van der Waals surface area contributed by atoms with Crippen LogP contribution in [0.3, 0.4) is 0 Å². The predicted molar refractivity (Wildman–Crippen MR) is 80.5 cm³/mol. The van der Waals surface area contributed by atoms with Crippen molar-refractivity contribution in [2.45, 2.75) is 13.0 Å². The minimum absolute atomic E-state index is 0.413. The van der Waals surface area contributed by atoms with Crippen molar-refractivity contribution in [3.8, 4) is 11.5 Å². The van der Waals surface area contributed by atoms with Crippen LogP contribution < -0.4 is 9.47 Å². The minimum atomic E-state index is -0.553. The molecule has 0 aliphatic carbocycles. The van der Waals surface area contributed by atoms with E-state index in [1.54, 1.807) is 19.1 Å². The molecule has 6 heteroatoms. The van der Waals surface area contributed by atoms with Gasteiger partial charge in [-0.05, 0) is 24.6 Å². The fraction of sp³-hybridized carbons (Fsp3) is 0.625. The van der Waals surface area contributed by atoms with E-state index in [0.29, 0.717) is 64.4 Å². The smallest absolute Gasteiger partial charge is 0.161 e. The van der Waals surface area contributed by atoms with Crippen LogP contribution >= 0.6 is 0 Å². The van der Waals surface area contributed by atoms with E-state index in [-0.39, 0.29) is 0 Å². The highest BCUT2D eigenvalue weighted by Crippen LogP contribution is 2.30. The molecule has 1 aromatic rings. The molecule has 0 bridgehead atoms. The lowest BCUT2D eigenvalue weighted by Gasteiger charge is -2.15. The fourth-order valence-corrected chi connectivity index (χ4v) is 1.98. The maximum absolute atomic E-state index is 9.68. The zero-order chi connectivity index (χ0) is 15.6. The summed E-state index contributed by atoms with van der Waals surface area (Å²) in [6.45, 7) is 5.67. The summed E-state index contributed by atoms with van der Waals surface area (Å²) in [4.78, 5) is 0. The minimum Gasteiger partial charge on any atom is -0.487 e. The van der Waals surface area contributed by atoms with Crippen molar-refractivity contribution >= 4 is 0 Å². The normalized spacial score (nSPS) is 19.7. The van der Waals surface area contributed by atoms with E-state index in [0.717, 1.165) is 5.56 Å². The van der Waals surface area contributed by atoms with Crippen molar-refractivity contribution in [2.24, 2.45) is 0 Å². The van der Waals surface area contributed by atoms with Gasteiger partial charge in [-0.1, -0.05) is 6.07 Å². The maximum Gasteiger partial charge on any atom is 0.161 e. The van der Waals surface area contributed by atoms with E-state index in [9.17, 15) is 5.11 Å². The molecule has 1 N–H and O–H groups in total. The lowest BCUT2D eigenvalue weighted by atomic mass is 10.1. The molecule has 1 aliphatic heterocycles. The van der Waals surface area contributed by atoms with Crippen LogP contribution in [0.15, 0.2) is 18.2 Å². The summed E-state index contributed by atoms with van der Waals surface area (Å²) in [6, 6.07) is 5.42. The van der Waals surface area contributed by atoms with Crippen LogP contribution in [0.25, 0.3) is 0 Å². The molecular weight excluding hydrogens is 288 g/mol. The first-order valence-corrected chi connectivity index (χ1v) is 7.58. The Morgan fingerprint density at radius 1 is 0.773 bits per heavy atom. The first kappa shape index (κ1) is 17.0. The molecule has 0 fully saturated rings. The van der Waals surface area contributed by atoms with Crippen molar-refractivity contribution in [1.82, 2.24) is 0 Å². The van der Waals surface area contributed by atoms with Crippen molar-refractivity contribution in [2.75, 3.05) is 52.9 Å². The van der Waals surface area contributed by atoms with Gasteiger partial charge in [-0.25, -0.2) is 0 Å². The molecule has 1 heterocycles. The number of rotatable bonds is 1. The summed E-state index contributed by atoms with van der Waals surface area (Å²) in [5.41, 5.74) is 0.783. The van der Waals surface area contributed by atoms with Gasteiger partial charge in [-0.2, -0.15) is 0 Å². The van der Waals surface area contributed by atoms with E-state index in [1.165, 1.54) is 0 Å². The summed E-state index contributed by atoms with van der Waals surface area (Å²) < 4.78 is 27.6. The number of hydrogen-bond donors (Lipinski definition) is 1. The highest BCUT2D eigenvalue weighted by atomic mass is 16.6. The molecule has 22 heavy (non-hydrogen) atoms. The second-order valence-corrected chi connectivity index (χ2v) is 4.92. The number of hydrogen-bond acceptors (Lipinski definition) is 6. The molecule has 2 rings (SSSR count). The summed E-state index contributed by atoms with van der Waals surface area (Å²) in [5, 5.41) is 9.68. The number of ether oxygens (including phenoxy) is 5. The third-order valence-electron chi connectivity index (χ3n) is 3.16. The monoisotopic (exact) mass is 312 g/mol. The Morgan fingerprint density at radius 3 is 1.82 bits per heavy atom. The van der Waals surface area contributed by atoms with Gasteiger partial charge < -0.3 is 28.8 Å². The van der Waals surface area contributed by atoms with E-state index >= 15 is 0 Å². The zero-order valence-corrected chi connectivity index (χ0v) is 13.0. The topological polar surface area (TPSA) is 66.4 Å². The van der Waals surface area contributed by atoms with Crippen LogP contribution in [0.5, 0.6) is 11.5 Å². The van der Waals surface area contributed by atoms with Gasteiger partial charge in [0.1, 0.15) is 13.2 Å². The summed E-state index contributed by atoms with van der Waals surface area (Å²) in [7, 11) is 0. The fourth-order valence-electron chi connectivity index (χ4n) is 1.98. The molecule has 1 aliphatic rings. The molecule has 6 nitrogen and oxygen atoms in total. The van der Waals surface area contributed by atoms with Gasteiger partial charge in [0.05, 0.1) is 45.7 Å². The van der Waals surface area contributed by atoms with Crippen molar-refractivity contribution in [3.63, 3.8) is 0 Å². The molecule has 0 amide bonds. The molecule has 0 saturated carbocycles. The zero-order valence-electron chi connectivity index (χ0n) is 13.0. The van der Waals surface area contributed by atoms with Crippen LogP contribution in [-0.2, 0) is 14.2 Å². The molecule has 1 atom stereocenters. The second kappa shape index (κ2) is 9.63. The predicted octanol–water partition coefficient (Wildman–Crippen LogP) is 1.56. The maximum atomic E-state index is 9.68. The van der Waals surface area contributed by atoms with E-state index in [2.05, 4.69) is 0 Å². The average molecular weight is 312 g/mol. The summed E-state index contributed by atoms with van der Waals surface area (Å²) in [5.74, 6) is 1.24. The van der Waals surface area contributed by atoms with Crippen LogP contribution in [-0.4, -0.2) is 58.0 Å². The Morgan fingerprint density at radius 2 is 1.27 bits per heavy atom. The average Bonchev–Trinajstić information content (AvgIpc) is 2.52. The Balaban J connectivity index is 2.01. The highest BCUT2D eigenvalue weighted by molar-refractivity contribution is 5.43. The number of aliphatic hydroxyl groups is 1. The molecule has 0 saturated heterocycles. The van der Waals surface area contributed by atoms with E-state index in [4.69, 9.17) is 23.7 Å². The lowest BCUT2D eigenvalue weighted by Crippen LogP contribution is -2.13. The van der Waals surface area contributed by atoms with Gasteiger partial charge >= 0.3 is 0 Å². The summed E-state index contributed by atoms with van der Waals surface area (Å²) in [6.07, 6.45) is -0.553. The first-order valence-electron chi connectivity index (χ1n) is 7.58. The van der Waals surface area contributed by atoms with Crippen molar-refractivity contribution in [1.29, 1.82) is 0 Å². The third kappa shape index (κ3) is 5.81. The molecule has 0 radical (unpaired) electrons. The molecular formula is C16H24O6. The molecule has 0 unspecified atom stereocenters. The number of aliphatic hydroxyl groups excluding tert-OH is 1.